The van der Waals surface area contributed by atoms with E-state index in [0.717, 1.165) is 15.8 Å². The van der Waals surface area contributed by atoms with E-state index in [2.05, 4.69) is 10.6 Å². The first-order chi connectivity index (χ1) is 13.9. The lowest BCUT2D eigenvalue weighted by Gasteiger charge is -2.15. The first-order valence-corrected chi connectivity index (χ1v) is 10.2. The number of benzene rings is 2. The summed E-state index contributed by atoms with van der Waals surface area (Å²) in [7, 11) is 4.38. The summed E-state index contributed by atoms with van der Waals surface area (Å²) in [5.41, 5.74) is 1.31. The number of thiocarbonyl (C=S) groups is 1. The van der Waals surface area contributed by atoms with Crippen molar-refractivity contribution in [3.05, 3.63) is 45.3 Å². The van der Waals surface area contributed by atoms with Crippen molar-refractivity contribution < 1.29 is 19.0 Å². The van der Waals surface area contributed by atoms with Crippen LogP contribution in [0.4, 0.5) is 11.4 Å². The van der Waals surface area contributed by atoms with Gasteiger partial charge in [-0.05, 0) is 36.5 Å². The van der Waals surface area contributed by atoms with Gasteiger partial charge in [-0.3, -0.25) is 0 Å². The lowest BCUT2D eigenvalue weighted by atomic mass is 10.2. The number of rotatable bonds is 5. The van der Waals surface area contributed by atoms with Crippen LogP contribution in [-0.4, -0.2) is 32.4 Å². The van der Waals surface area contributed by atoms with Crippen LogP contribution in [0.2, 0.25) is 10.0 Å². The SMILES string of the molecule is COC(=O)c1sc2cc(NC(=S)Nc3cc(Cl)c(OC)cc3OC)ccc2c1Cl. The van der Waals surface area contributed by atoms with Gasteiger partial charge in [0.15, 0.2) is 5.11 Å². The van der Waals surface area contributed by atoms with E-state index < -0.39 is 5.97 Å². The molecular formula is C19H16Cl2N2O4S2. The number of ether oxygens (including phenoxy) is 3. The summed E-state index contributed by atoms with van der Waals surface area (Å²) in [5, 5.41) is 8.04. The molecular weight excluding hydrogens is 455 g/mol. The number of hydrogen-bond donors (Lipinski definition) is 2. The molecule has 6 nitrogen and oxygen atoms in total. The molecule has 0 saturated carbocycles. The molecule has 0 aliphatic heterocycles. The number of fused-ring (bicyclic) bond motifs is 1. The van der Waals surface area contributed by atoms with Crippen LogP contribution in [0.1, 0.15) is 9.67 Å². The lowest BCUT2D eigenvalue weighted by Crippen LogP contribution is -2.19. The highest BCUT2D eigenvalue weighted by Crippen LogP contribution is 2.38. The van der Waals surface area contributed by atoms with E-state index in [0.29, 0.717) is 37.2 Å². The van der Waals surface area contributed by atoms with E-state index in [1.165, 1.54) is 32.7 Å². The maximum absolute atomic E-state index is 11.8. The number of methoxy groups -OCH3 is 3. The molecule has 0 radical (unpaired) electrons. The highest BCUT2D eigenvalue weighted by molar-refractivity contribution is 7.80. The molecule has 1 heterocycles. The fraction of sp³-hybridized carbons (Fsp3) is 0.158. The topological polar surface area (TPSA) is 68.8 Å². The highest BCUT2D eigenvalue weighted by Gasteiger charge is 2.18. The molecule has 0 unspecified atom stereocenters. The van der Waals surface area contributed by atoms with Gasteiger partial charge in [-0.25, -0.2) is 4.79 Å². The highest BCUT2D eigenvalue weighted by atomic mass is 35.5. The van der Waals surface area contributed by atoms with Crippen molar-refractivity contribution >= 4 is 79.3 Å². The summed E-state index contributed by atoms with van der Waals surface area (Å²) in [6, 6.07) is 8.81. The zero-order valence-corrected chi connectivity index (χ0v) is 18.7. The quantitative estimate of drug-likeness (QED) is 0.359. The van der Waals surface area contributed by atoms with E-state index in [4.69, 9.17) is 49.6 Å². The molecule has 29 heavy (non-hydrogen) atoms. The molecule has 3 aromatic rings. The minimum Gasteiger partial charge on any atom is -0.495 e. The van der Waals surface area contributed by atoms with E-state index >= 15 is 0 Å². The van der Waals surface area contributed by atoms with Gasteiger partial charge in [0.1, 0.15) is 16.4 Å². The molecule has 0 amide bonds. The molecule has 152 valence electrons. The maximum Gasteiger partial charge on any atom is 0.349 e. The molecule has 2 aromatic carbocycles. The first kappa shape index (κ1) is 21.4. The Balaban J connectivity index is 1.81. The van der Waals surface area contributed by atoms with E-state index in [1.807, 2.05) is 18.2 Å². The van der Waals surface area contributed by atoms with Crippen LogP contribution in [0.25, 0.3) is 10.1 Å². The standard InChI is InChI=1S/C19H16Cl2N2O4S2/c1-25-13-8-14(26-2)12(7-11(13)20)23-19(28)22-9-4-5-10-15(6-9)29-17(16(10)21)18(24)27-3/h4-8H,1-3H3,(H2,22,23,28). The van der Waals surface area contributed by atoms with E-state index in [-0.39, 0.29) is 0 Å². The minimum absolute atomic E-state index is 0.333. The third kappa shape index (κ3) is 4.51. The number of hydrogen-bond acceptors (Lipinski definition) is 6. The smallest absolute Gasteiger partial charge is 0.349 e. The van der Waals surface area contributed by atoms with Gasteiger partial charge in [0.2, 0.25) is 0 Å². The average Bonchev–Trinajstić information content (AvgIpc) is 3.03. The molecule has 2 N–H and O–H groups in total. The fourth-order valence-electron chi connectivity index (χ4n) is 2.61. The van der Waals surface area contributed by atoms with Gasteiger partial charge >= 0.3 is 5.97 Å². The molecule has 10 heteroatoms. The van der Waals surface area contributed by atoms with E-state index in [1.54, 1.807) is 12.1 Å². The third-order valence-electron chi connectivity index (χ3n) is 3.98. The van der Waals surface area contributed by atoms with Crippen LogP contribution in [0.5, 0.6) is 11.5 Å². The Morgan fingerprint density at radius 2 is 1.76 bits per heavy atom. The van der Waals surface area contributed by atoms with Crippen molar-refractivity contribution in [3.8, 4) is 11.5 Å². The number of thiophene rings is 1. The third-order valence-corrected chi connectivity index (χ3v) is 6.12. The number of halogens is 2. The van der Waals surface area contributed by atoms with Crippen LogP contribution in [-0.2, 0) is 4.74 Å². The van der Waals surface area contributed by atoms with E-state index in [9.17, 15) is 4.79 Å². The van der Waals surface area contributed by atoms with Gasteiger partial charge < -0.3 is 24.8 Å². The molecule has 0 atom stereocenters. The van der Waals surface area contributed by atoms with Crippen molar-refractivity contribution in [2.45, 2.75) is 0 Å². The lowest BCUT2D eigenvalue weighted by molar-refractivity contribution is 0.0606. The molecule has 0 spiro atoms. The second-order valence-electron chi connectivity index (χ2n) is 5.71. The second kappa shape index (κ2) is 9.04. The van der Waals surface area contributed by atoms with Gasteiger partial charge in [0.05, 0.1) is 37.1 Å². The number of anilines is 2. The van der Waals surface area contributed by atoms with Crippen LogP contribution >= 0.6 is 46.8 Å². The van der Waals surface area contributed by atoms with Crippen LogP contribution in [0, 0.1) is 0 Å². The van der Waals surface area contributed by atoms with Crippen molar-refractivity contribution in [1.29, 1.82) is 0 Å². The minimum atomic E-state index is -0.466. The van der Waals surface area contributed by atoms with Crippen molar-refractivity contribution in [2.75, 3.05) is 32.0 Å². The van der Waals surface area contributed by atoms with Crippen LogP contribution in [0.3, 0.4) is 0 Å². The average molecular weight is 471 g/mol. The summed E-state index contributed by atoms with van der Waals surface area (Å²) in [5.74, 6) is 0.555. The second-order valence-corrected chi connectivity index (χ2v) is 7.96. The molecule has 0 saturated heterocycles. The Bertz CT molecular complexity index is 1100. The van der Waals surface area contributed by atoms with Crippen LogP contribution in [0.15, 0.2) is 30.3 Å². The Hall–Kier alpha value is -2.26. The van der Waals surface area contributed by atoms with Crippen molar-refractivity contribution in [2.24, 2.45) is 0 Å². The summed E-state index contributed by atoms with van der Waals surface area (Å²) >= 11 is 19.1. The Labute approximate surface area is 186 Å². The van der Waals surface area contributed by atoms with Crippen molar-refractivity contribution in [1.82, 2.24) is 0 Å². The van der Waals surface area contributed by atoms with Gasteiger partial charge in [0.25, 0.3) is 0 Å². The summed E-state index contributed by atoms with van der Waals surface area (Å²) < 4.78 is 16.1. The molecule has 0 aliphatic rings. The fourth-order valence-corrected chi connectivity index (χ4v) is 4.54. The van der Waals surface area contributed by atoms with Gasteiger partial charge in [0, 0.05) is 21.8 Å². The summed E-state index contributed by atoms with van der Waals surface area (Å²) in [6.45, 7) is 0. The van der Waals surface area contributed by atoms with Gasteiger partial charge in [-0.2, -0.15) is 0 Å². The summed E-state index contributed by atoms with van der Waals surface area (Å²) in [4.78, 5) is 12.2. The largest absolute Gasteiger partial charge is 0.495 e. The molecule has 1 aromatic heterocycles. The molecule has 0 bridgehead atoms. The zero-order valence-electron chi connectivity index (χ0n) is 15.6. The normalized spacial score (nSPS) is 10.5. The van der Waals surface area contributed by atoms with Gasteiger partial charge in [-0.1, -0.05) is 23.2 Å². The predicted octanol–water partition coefficient (Wildman–Crippen LogP) is 5.82. The number of esters is 1. The Morgan fingerprint density at radius 3 is 2.41 bits per heavy atom. The number of carbonyl (C=O) groups is 1. The summed E-state index contributed by atoms with van der Waals surface area (Å²) in [6.07, 6.45) is 0. The Kier molecular flexibility index (Phi) is 6.69. The number of carbonyl (C=O) groups excluding carboxylic acids is 1. The van der Waals surface area contributed by atoms with Crippen LogP contribution < -0.4 is 20.1 Å². The van der Waals surface area contributed by atoms with Gasteiger partial charge in [-0.15, -0.1) is 11.3 Å². The maximum atomic E-state index is 11.8. The molecule has 3 rings (SSSR count). The molecule has 0 aliphatic carbocycles. The zero-order chi connectivity index (χ0) is 21.1. The monoisotopic (exact) mass is 470 g/mol. The van der Waals surface area contributed by atoms with Crippen molar-refractivity contribution in [3.63, 3.8) is 0 Å². The first-order valence-electron chi connectivity index (χ1n) is 8.17. The predicted molar refractivity (Wildman–Crippen MR) is 123 cm³/mol. The number of nitrogens with one attached hydrogen (secondary N) is 2. The molecule has 0 fully saturated rings. The Morgan fingerprint density at radius 1 is 1.03 bits per heavy atom.